The molecule has 1 aliphatic carbocycles. The van der Waals surface area contributed by atoms with Gasteiger partial charge in [-0.05, 0) is 24.5 Å². The fourth-order valence-corrected chi connectivity index (χ4v) is 2.56. The van der Waals surface area contributed by atoms with Crippen molar-refractivity contribution in [2.75, 3.05) is 0 Å². The summed E-state index contributed by atoms with van der Waals surface area (Å²) in [6.07, 6.45) is 5.03. The number of hydrogen-bond donors (Lipinski definition) is 1. The number of nitrogens with zero attached hydrogens (tertiary/aromatic N) is 1. The molecule has 1 aliphatic rings. The predicted molar refractivity (Wildman–Crippen MR) is 71.4 cm³/mol. The molecule has 0 unspecified atom stereocenters. The molecule has 0 radical (unpaired) electrons. The van der Waals surface area contributed by atoms with Gasteiger partial charge >= 0.3 is 0 Å². The lowest BCUT2D eigenvalue weighted by atomic mass is 10.1. The lowest BCUT2D eigenvalue weighted by Gasteiger charge is -2.08. The van der Waals surface area contributed by atoms with Gasteiger partial charge in [-0.25, -0.2) is 0 Å². The molecule has 0 atom stereocenters. The summed E-state index contributed by atoms with van der Waals surface area (Å²) in [6.45, 7) is 0.684. The first-order valence-electron chi connectivity index (χ1n) is 5.80. The molecule has 1 saturated carbocycles. The van der Waals surface area contributed by atoms with Crippen molar-refractivity contribution < 1.29 is 0 Å². The van der Waals surface area contributed by atoms with Crippen LogP contribution in [0, 0.1) is 5.92 Å². The topological polar surface area (TPSA) is 38.4 Å². The summed E-state index contributed by atoms with van der Waals surface area (Å²) < 4.78 is 1.11. The summed E-state index contributed by atoms with van der Waals surface area (Å²) in [6, 6.07) is 8.16. The molecule has 0 aliphatic heterocycles. The van der Waals surface area contributed by atoms with Crippen LogP contribution in [-0.4, -0.2) is 5.84 Å². The largest absolute Gasteiger partial charge is 0.387 e. The number of benzene rings is 1. The number of aliphatic imine (C=N–C) groups is 1. The molecule has 0 bridgehead atoms. The quantitative estimate of drug-likeness (QED) is 0.668. The molecule has 1 aromatic carbocycles. The molecule has 3 heteroatoms. The van der Waals surface area contributed by atoms with Crippen molar-refractivity contribution in [3.05, 3.63) is 34.3 Å². The van der Waals surface area contributed by atoms with Crippen molar-refractivity contribution in [3.8, 4) is 0 Å². The molecule has 1 fully saturated rings. The third kappa shape index (κ3) is 2.85. The zero-order valence-electron chi connectivity index (χ0n) is 9.32. The third-order valence-corrected chi connectivity index (χ3v) is 3.94. The van der Waals surface area contributed by atoms with E-state index < -0.39 is 0 Å². The van der Waals surface area contributed by atoms with Crippen LogP contribution in [0.1, 0.15) is 31.2 Å². The molecule has 0 aromatic heterocycles. The molecule has 16 heavy (non-hydrogen) atoms. The Labute approximate surface area is 105 Å². The third-order valence-electron chi connectivity index (χ3n) is 3.16. The van der Waals surface area contributed by atoms with Crippen molar-refractivity contribution >= 4 is 21.8 Å². The van der Waals surface area contributed by atoms with Crippen LogP contribution in [0.4, 0.5) is 0 Å². The maximum absolute atomic E-state index is 6.01. The highest BCUT2D eigenvalue weighted by Gasteiger charge is 2.18. The molecular weight excluding hydrogens is 264 g/mol. The normalized spacial score (nSPS) is 17.9. The van der Waals surface area contributed by atoms with Crippen molar-refractivity contribution in [2.24, 2.45) is 16.6 Å². The molecule has 1 aromatic rings. The highest BCUT2D eigenvalue weighted by atomic mass is 79.9. The maximum Gasteiger partial charge on any atom is 0.0972 e. The van der Waals surface area contributed by atoms with Gasteiger partial charge < -0.3 is 5.73 Å². The number of amidine groups is 1. The van der Waals surface area contributed by atoms with E-state index in [0.717, 1.165) is 10.3 Å². The Morgan fingerprint density at radius 1 is 1.31 bits per heavy atom. The molecular formula is C13H17BrN2. The summed E-state index contributed by atoms with van der Waals surface area (Å²) in [5.41, 5.74) is 7.21. The standard InChI is InChI=1S/C13H17BrN2/c14-12-8-4-3-7-11(12)9-16-13(15)10-5-1-2-6-10/h3-4,7-8,10H,1-2,5-6,9H2,(H2,15,16). The van der Waals surface area contributed by atoms with E-state index in [1.807, 2.05) is 18.2 Å². The van der Waals surface area contributed by atoms with E-state index in [4.69, 9.17) is 5.73 Å². The maximum atomic E-state index is 6.01. The summed E-state index contributed by atoms with van der Waals surface area (Å²) in [5.74, 6) is 1.37. The fourth-order valence-electron chi connectivity index (χ4n) is 2.15. The zero-order valence-corrected chi connectivity index (χ0v) is 10.9. The summed E-state index contributed by atoms with van der Waals surface area (Å²) in [5, 5.41) is 0. The van der Waals surface area contributed by atoms with Crippen LogP contribution in [0.25, 0.3) is 0 Å². The first-order valence-corrected chi connectivity index (χ1v) is 6.60. The predicted octanol–water partition coefficient (Wildman–Crippen LogP) is 3.50. The second-order valence-corrected chi connectivity index (χ2v) is 5.17. The zero-order chi connectivity index (χ0) is 11.4. The number of nitrogens with two attached hydrogens (primary N) is 1. The Kier molecular flexibility index (Phi) is 3.99. The molecule has 2 nitrogen and oxygen atoms in total. The van der Waals surface area contributed by atoms with Crippen LogP contribution in [0.5, 0.6) is 0 Å². The summed E-state index contributed by atoms with van der Waals surface area (Å²) in [7, 11) is 0. The van der Waals surface area contributed by atoms with Gasteiger partial charge in [0.25, 0.3) is 0 Å². The van der Waals surface area contributed by atoms with Gasteiger partial charge in [0.1, 0.15) is 0 Å². The first kappa shape index (κ1) is 11.6. The Morgan fingerprint density at radius 3 is 2.69 bits per heavy atom. The smallest absolute Gasteiger partial charge is 0.0972 e. The average Bonchev–Trinajstić information content (AvgIpc) is 2.81. The molecule has 0 heterocycles. The van der Waals surface area contributed by atoms with Gasteiger partial charge in [0.2, 0.25) is 0 Å². The number of hydrogen-bond acceptors (Lipinski definition) is 1. The van der Waals surface area contributed by atoms with Gasteiger partial charge in [-0.2, -0.15) is 0 Å². The van der Waals surface area contributed by atoms with E-state index in [0.29, 0.717) is 12.5 Å². The van der Waals surface area contributed by atoms with Crippen LogP contribution in [0.2, 0.25) is 0 Å². The number of rotatable bonds is 3. The Bertz CT molecular complexity index is 381. The van der Waals surface area contributed by atoms with Gasteiger partial charge in [-0.15, -0.1) is 0 Å². The van der Waals surface area contributed by atoms with Crippen LogP contribution in [0.15, 0.2) is 33.7 Å². The molecule has 86 valence electrons. The lowest BCUT2D eigenvalue weighted by Crippen LogP contribution is -2.21. The van der Waals surface area contributed by atoms with E-state index in [-0.39, 0.29) is 0 Å². The highest BCUT2D eigenvalue weighted by Crippen LogP contribution is 2.25. The SMILES string of the molecule is NC(=NCc1ccccc1Br)C1CCCC1. The molecule has 0 amide bonds. The van der Waals surface area contributed by atoms with E-state index in [2.05, 4.69) is 27.0 Å². The van der Waals surface area contributed by atoms with E-state index in [9.17, 15) is 0 Å². The minimum absolute atomic E-state index is 0.530. The van der Waals surface area contributed by atoms with Crippen molar-refractivity contribution in [1.29, 1.82) is 0 Å². The van der Waals surface area contributed by atoms with Crippen molar-refractivity contribution in [1.82, 2.24) is 0 Å². The van der Waals surface area contributed by atoms with Gasteiger partial charge in [0, 0.05) is 10.4 Å². The lowest BCUT2D eigenvalue weighted by molar-refractivity contribution is 0.715. The van der Waals surface area contributed by atoms with Gasteiger partial charge in [-0.3, -0.25) is 4.99 Å². The van der Waals surface area contributed by atoms with E-state index in [1.54, 1.807) is 0 Å². The van der Waals surface area contributed by atoms with E-state index >= 15 is 0 Å². The average molecular weight is 281 g/mol. The van der Waals surface area contributed by atoms with E-state index in [1.165, 1.54) is 31.2 Å². The molecule has 0 saturated heterocycles. The molecule has 2 rings (SSSR count). The Balaban J connectivity index is 2.00. The highest BCUT2D eigenvalue weighted by molar-refractivity contribution is 9.10. The number of halogens is 1. The second-order valence-electron chi connectivity index (χ2n) is 4.31. The molecule has 2 N–H and O–H groups in total. The van der Waals surface area contributed by atoms with Gasteiger partial charge in [-0.1, -0.05) is 47.0 Å². The van der Waals surface area contributed by atoms with Crippen LogP contribution in [0.3, 0.4) is 0 Å². The van der Waals surface area contributed by atoms with Gasteiger partial charge in [0.15, 0.2) is 0 Å². The van der Waals surface area contributed by atoms with Crippen LogP contribution >= 0.6 is 15.9 Å². The fraction of sp³-hybridized carbons (Fsp3) is 0.462. The minimum atomic E-state index is 0.530. The van der Waals surface area contributed by atoms with Crippen molar-refractivity contribution in [3.63, 3.8) is 0 Å². The first-order chi connectivity index (χ1) is 7.77. The summed E-state index contributed by atoms with van der Waals surface area (Å²) in [4.78, 5) is 4.50. The van der Waals surface area contributed by atoms with Gasteiger partial charge in [0.05, 0.1) is 12.4 Å². The minimum Gasteiger partial charge on any atom is -0.387 e. The molecule has 0 spiro atoms. The summed E-state index contributed by atoms with van der Waals surface area (Å²) >= 11 is 3.52. The Morgan fingerprint density at radius 2 is 2.00 bits per heavy atom. The second kappa shape index (κ2) is 5.48. The van der Waals surface area contributed by atoms with Crippen molar-refractivity contribution in [2.45, 2.75) is 32.2 Å². The van der Waals surface area contributed by atoms with Crippen LogP contribution in [-0.2, 0) is 6.54 Å². The monoisotopic (exact) mass is 280 g/mol. The van der Waals surface area contributed by atoms with Crippen LogP contribution < -0.4 is 5.73 Å². The Hall–Kier alpha value is -0.830.